The van der Waals surface area contributed by atoms with Gasteiger partial charge in [0, 0.05) is 49.1 Å². The fourth-order valence-electron chi connectivity index (χ4n) is 4.27. The Morgan fingerprint density at radius 2 is 1.64 bits per heavy atom. The van der Waals surface area contributed by atoms with E-state index in [1.165, 1.54) is 0 Å². The number of anilines is 1. The Morgan fingerprint density at radius 3 is 2.21 bits per heavy atom. The summed E-state index contributed by atoms with van der Waals surface area (Å²) in [5.74, 6) is 0.704. The fraction of sp³-hybridized carbons (Fsp3) is 0.269. The molecule has 33 heavy (non-hydrogen) atoms. The fourth-order valence-corrected chi connectivity index (χ4v) is 4.27. The predicted octanol–water partition coefficient (Wildman–Crippen LogP) is 4.91. The van der Waals surface area contributed by atoms with Crippen LogP contribution in [0.3, 0.4) is 0 Å². The molecule has 1 fully saturated rings. The number of para-hydroxylation sites is 1. The molecular formula is C26H27N3O4. The Bertz CT molecular complexity index is 1080. The summed E-state index contributed by atoms with van der Waals surface area (Å²) in [5, 5.41) is 10.9. The molecule has 0 N–H and O–H groups in total. The standard InChI is InChI=1S/C26H27N3O4/c1-33-25-13-9-21(10-14-25)26(30)28(22-5-3-2-4-6-22)23-15-17-27(18-16-23)19-20-7-11-24(12-8-20)29(31)32/h2-14,23H,15-19H2,1H3. The Hall–Kier alpha value is -3.71. The van der Waals surface area contributed by atoms with E-state index in [0.717, 1.165) is 49.5 Å². The number of carbonyl (C=O) groups is 1. The van der Waals surface area contributed by atoms with E-state index in [9.17, 15) is 14.9 Å². The van der Waals surface area contributed by atoms with Crippen molar-refractivity contribution in [3.05, 3.63) is 100 Å². The second-order valence-corrected chi connectivity index (χ2v) is 8.17. The molecule has 0 bridgehead atoms. The number of amides is 1. The highest BCUT2D eigenvalue weighted by Gasteiger charge is 2.30. The maximum atomic E-state index is 13.5. The van der Waals surface area contributed by atoms with Gasteiger partial charge in [0.2, 0.25) is 0 Å². The maximum absolute atomic E-state index is 13.5. The van der Waals surface area contributed by atoms with Gasteiger partial charge in [0.25, 0.3) is 11.6 Å². The van der Waals surface area contributed by atoms with Gasteiger partial charge in [-0.05, 0) is 54.8 Å². The Labute approximate surface area is 193 Å². The zero-order valence-corrected chi connectivity index (χ0v) is 18.6. The van der Waals surface area contributed by atoms with Gasteiger partial charge < -0.3 is 9.64 Å². The third kappa shape index (κ3) is 5.38. The third-order valence-corrected chi connectivity index (χ3v) is 6.07. The van der Waals surface area contributed by atoms with Gasteiger partial charge in [-0.1, -0.05) is 30.3 Å². The van der Waals surface area contributed by atoms with Crippen molar-refractivity contribution in [1.29, 1.82) is 0 Å². The molecule has 7 heteroatoms. The number of benzene rings is 3. The van der Waals surface area contributed by atoms with E-state index in [1.807, 2.05) is 59.5 Å². The van der Waals surface area contributed by atoms with Crippen LogP contribution in [0.25, 0.3) is 0 Å². The summed E-state index contributed by atoms with van der Waals surface area (Å²) in [6.07, 6.45) is 1.70. The molecule has 0 aromatic heterocycles. The van der Waals surface area contributed by atoms with Gasteiger partial charge in [0.1, 0.15) is 5.75 Å². The first-order valence-corrected chi connectivity index (χ1v) is 11.0. The zero-order chi connectivity index (χ0) is 23.2. The second-order valence-electron chi connectivity index (χ2n) is 8.17. The molecule has 4 rings (SSSR count). The molecule has 0 atom stereocenters. The molecule has 0 unspecified atom stereocenters. The van der Waals surface area contributed by atoms with Crippen molar-refractivity contribution in [1.82, 2.24) is 4.90 Å². The summed E-state index contributed by atoms with van der Waals surface area (Å²) >= 11 is 0. The minimum atomic E-state index is -0.382. The molecule has 0 saturated carbocycles. The lowest BCUT2D eigenvalue weighted by atomic mass is 10.00. The topological polar surface area (TPSA) is 75.9 Å². The van der Waals surface area contributed by atoms with Gasteiger partial charge in [0.15, 0.2) is 0 Å². The molecule has 1 aliphatic rings. The number of nitro benzene ring substituents is 1. The van der Waals surface area contributed by atoms with Crippen LogP contribution in [0.1, 0.15) is 28.8 Å². The second kappa shape index (κ2) is 10.3. The summed E-state index contributed by atoms with van der Waals surface area (Å²) < 4.78 is 5.23. The Kier molecular flexibility index (Phi) is 7.00. The van der Waals surface area contributed by atoms with Crippen molar-refractivity contribution in [3.63, 3.8) is 0 Å². The van der Waals surface area contributed by atoms with Gasteiger partial charge in [-0.15, -0.1) is 0 Å². The van der Waals surface area contributed by atoms with Gasteiger partial charge in [0.05, 0.1) is 12.0 Å². The Morgan fingerprint density at radius 1 is 1.00 bits per heavy atom. The lowest BCUT2D eigenvalue weighted by Gasteiger charge is -2.38. The van der Waals surface area contributed by atoms with Crippen molar-refractivity contribution >= 4 is 17.3 Å². The van der Waals surface area contributed by atoms with E-state index in [4.69, 9.17) is 4.74 Å². The molecule has 3 aromatic carbocycles. The smallest absolute Gasteiger partial charge is 0.269 e. The summed E-state index contributed by atoms with van der Waals surface area (Å²) in [5.41, 5.74) is 2.68. The maximum Gasteiger partial charge on any atom is 0.269 e. The molecule has 1 aliphatic heterocycles. The molecule has 3 aromatic rings. The minimum absolute atomic E-state index is 0.0160. The van der Waals surface area contributed by atoms with Crippen LogP contribution in [-0.4, -0.2) is 42.0 Å². The number of carbonyl (C=O) groups excluding carboxylic acids is 1. The first kappa shape index (κ1) is 22.5. The molecule has 1 saturated heterocycles. The SMILES string of the molecule is COc1ccc(C(=O)N(c2ccccc2)C2CCN(Cc3ccc([N+](=O)[O-])cc3)CC2)cc1. The van der Waals surface area contributed by atoms with Crippen LogP contribution in [0.15, 0.2) is 78.9 Å². The number of hydrogen-bond donors (Lipinski definition) is 0. The molecular weight excluding hydrogens is 418 g/mol. The van der Waals surface area contributed by atoms with Crippen molar-refractivity contribution < 1.29 is 14.5 Å². The summed E-state index contributed by atoms with van der Waals surface area (Å²) in [6, 6.07) is 23.9. The zero-order valence-electron chi connectivity index (χ0n) is 18.6. The van der Waals surface area contributed by atoms with Crippen molar-refractivity contribution in [2.75, 3.05) is 25.1 Å². The Balaban J connectivity index is 1.46. The number of hydrogen-bond acceptors (Lipinski definition) is 5. The van der Waals surface area contributed by atoms with E-state index in [0.29, 0.717) is 5.56 Å². The number of nitrogens with zero attached hydrogens (tertiary/aromatic N) is 3. The van der Waals surface area contributed by atoms with Crippen LogP contribution in [0, 0.1) is 10.1 Å². The van der Waals surface area contributed by atoms with Gasteiger partial charge in [-0.3, -0.25) is 19.8 Å². The summed E-state index contributed by atoms with van der Waals surface area (Å²) in [6.45, 7) is 2.43. The molecule has 0 radical (unpaired) electrons. The first-order chi connectivity index (χ1) is 16.0. The van der Waals surface area contributed by atoms with Crippen LogP contribution in [0.4, 0.5) is 11.4 Å². The van der Waals surface area contributed by atoms with Crippen LogP contribution in [0.2, 0.25) is 0 Å². The van der Waals surface area contributed by atoms with Crippen molar-refractivity contribution in [2.45, 2.75) is 25.4 Å². The molecule has 1 amide bonds. The van der Waals surface area contributed by atoms with Crippen LogP contribution >= 0.6 is 0 Å². The quantitative estimate of drug-likeness (QED) is 0.381. The van der Waals surface area contributed by atoms with Crippen molar-refractivity contribution in [3.8, 4) is 5.75 Å². The number of methoxy groups -OCH3 is 1. The highest BCUT2D eigenvalue weighted by Crippen LogP contribution is 2.27. The molecule has 170 valence electrons. The summed E-state index contributed by atoms with van der Waals surface area (Å²) in [7, 11) is 1.61. The van der Waals surface area contributed by atoms with Crippen LogP contribution in [0.5, 0.6) is 5.75 Å². The average molecular weight is 446 g/mol. The third-order valence-electron chi connectivity index (χ3n) is 6.07. The predicted molar refractivity (Wildman–Crippen MR) is 128 cm³/mol. The lowest BCUT2D eigenvalue weighted by Crippen LogP contribution is -2.47. The van der Waals surface area contributed by atoms with Crippen LogP contribution < -0.4 is 9.64 Å². The molecule has 0 spiro atoms. The van der Waals surface area contributed by atoms with Crippen LogP contribution in [-0.2, 0) is 6.54 Å². The molecule has 0 aliphatic carbocycles. The van der Waals surface area contributed by atoms with Gasteiger partial charge >= 0.3 is 0 Å². The van der Waals surface area contributed by atoms with Gasteiger partial charge in [-0.25, -0.2) is 0 Å². The average Bonchev–Trinajstić information content (AvgIpc) is 2.86. The monoisotopic (exact) mass is 445 g/mol. The molecule has 1 heterocycles. The number of rotatable bonds is 7. The largest absolute Gasteiger partial charge is 0.497 e. The molecule has 7 nitrogen and oxygen atoms in total. The number of nitro groups is 1. The van der Waals surface area contributed by atoms with E-state index in [2.05, 4.69) is 4.90 Å². The van der Waals surface area contributed by atoms with Crippen molar-refractivity contribution in [2.24, 2.45) is 0 Å². The number of likely N-dealkylation sites (tertiary alicyclic amines) is 1. The summed E-state index contributed by atoms with van der Waals surface area (Å²) in [4.78, 5) is 28.3. The normalized spacial score (nSPS) is 14.6. The minimum Gasteiger partial charge on any atom is -0.497 e. The first-order valence-electron chi connectivity index (χ1n) is 11.0. The number of piperidine rings is 1. The highest BCUT2D eigenvalue weighted by atomic mass is 16.6. The van der Waals surface area contributed by atoms with Gasteiger partial charge in [-0.2, -0.15) is 0 Å². The highest BCUT2D eigenvalue weighted by molar-refractivity contribution is 6.06. The number of ether oxygens (including phenoxy) is 1. The lowest BCUT2D eigenvalue weighted by molar-refractivity contribution is -0.384. The van der Waals surface area contributed by atoms with E-state index in [1.54, 1.807) is 31.4 Å². The van der Waals surface area contributed by atoms with E-state index >= 15 is 0 Å². The van der Waals surface area contributed by atoms with E-state index in [-0.39, 0.29) is 22.6 Å². The number of non-ortho nitro benzene ring substituents is 1. The van der Waals surface area contributed by atoms with E-state index < -0.39 is 0 Å².